The van der Waals surface area contributed by atoms with E-state index in [4.69, 9.17) is 4.74 Å². The number of carbonyl (C=O) groups excluding carboxylic acids is 2. The molecule has 0 bridgehead atoms. The molecule has 0 spiro atoms. The van der Waals surface area contributed by atoms with Crippen molar-refractivity contribution in [1.29, 1.82) is 0 Å². The van der Waals surface area contributed by atoms with E-state index in [1.165, 1.54) is 30.6 Å². The second-order valence-corrected chi connectivity index (χ2v) is 10.5. The molecule has 2 fully saturated rings. The summed E-state index contributed by atoms with van der Waals surface area (Å²) < 4.78 is 33.2. The monoisotopic (exact) mass is 471 g/mol. The van der Waals surface area contributed by atoms with Crippen LogP contribution in [0.25, 0.3) is 0 Å². The normalized spacial score (nSPS) is 16.7. The number of rotatable bonds is 7. The Labute approximate surface area is 194 Å². The van der Waals surface area contributed by atoms with Gasteiger partial charge < -0.3 is 14.5 Å². The lowest BCUT2D eigenvalue weighted by atomic mass is 10.1. The lowest BCUT2D eigenvalue weighted by Gasteiger charge is -2.35. The summed E-state index contributed by atoms with van der Waals surface area (Å²) in [5, 5.41) is 0. The van der Waals surface area contributed by atoms with Gasteiger partial charge in [-0.25, -0.2) is 8.42 Å². The molecule has 2 aromatic rings. The average molecular weight is 472 g/mol. The molecule has 0 radical (unpaired) electrons. The first kappa shape index (κ1) is 23.3. The highest BCUT2D eigenvalue weighted by atomic mass is 32.2. The van der Waals surface area contributed by atoms with Crippen LogP contribution in [-0.2, 0) is 21.4 Å². The van der Waals surface area contributed by atoms with Gasteiger partial charge >= 0.3 is 0 Å². The Bertz CT molecular complexity index is 1120. The Morgan fingerprint density at radius 1 is 1.00 bits per heavy atom. The molecule has 176 valence electrons. The Balaban J connectivity index is 1.51. The standard InChI is InChI=1S/C24H29N3O5S/c1-25(17-18-6-4-3-5-7-18)33(30,31)22-16-20(10-11-21(22)32-2)24(29)27-14-12-26(13-15-27)23(28)19-8-9-19/h3-7,10-11,16,19H,8-9,12-15,17H2,1-2H3. The first-order valence-corrected chi connectivity index (χ1v) is 12.5. The summed E-state index contributed by atoms with van der Waals surface area (Å²) in [7, 11) is -0.992. The van der Waals surface area contributed by atoms with Crippen molar-refractivity contribution in [3.63, 3.8) is 0 Å². The van der Waals surface area contributed by atoms with E-state index in [9.17, 15) is 18.0 Å². The fourth-order valence-corrected chi connectivity index (χ4v) is 5.34. The fourth-order valence-electron chi connectivity index (χ4n) is 4.01. The van der Waals surface area contributed by atoms with E-state index in [-0.39, 0.29) is 40.5 Å². The van der Waals surface area contributed by atoms with Crippen LogP contribution in [0.2, 0.25) is 0 Å². The molecule has 2 aliphatic rings. The topological polar surface area (TPSA) is 87.2 Å². The van der Waals surface area contributed by atoms with Gasteiger partial charge in [0.15, 0.2) is 0 Å². The third-order valence-corrected chi connectivity index (χ3v) is 7.98. The van der Waals surface area contributed by atoms with Crippen molar-refractivity contribution in [3.05, 3.63) is 59.7 Å². The van der Waals surface area contributed by atoms with Gasteiger partial charge in [0.1, 0.15) is 10.6 Å². The van der Waals surface area contributed by atoms with Gasteiger partial charge in [-0.3, -0.25) is 9.59 Å². The summed E-state index contributed by atoms with van der Waals surface area (Å²) in [5.41, 5.74) is 1.14. The third kappa shape index (κ3) is 5.04. The zero-order valence-corrected chi connectivity index (χ0v) is 19.8. The molecule has 33 heavy (non-hydrogen) atoms. The van der Waals surface area contributed by atoms with Crippen LogP contribution in [0.4, 0.5) is 0 Å². The Morgan fingerprint density at radius 2 is 1.64 bits per heavy atom. The van der Waals surface area contributed by atoms with Crippen LogP contribution in [0.15, 0.2) is 53.4 Å². The Hall–Kier alpha value is -2.91. The molecular formula is C24H29N3O5S. The zero-order valence-electron chi connectivity index (χ0n) is 18.9. The van der Waals surface area contributed by atoms with Gasteiger partial charge in [0.25, 0.3) is 5.91 Å². The van der Waals surface area contributed by atoms with Crippen molar-refractivity contribution in [2.24, 2.45) is 5.92 Å². The van der Waals surface area contributed by atoms with Crippen LogP contribution < -0.4 is 4.74 Å². The summed E-state index contributed by atoms with van der Waals surface area (Å²) in [6, 6.07) is 13.8. The van der Waals surface area contributed by atoms with Crippen molar-refractivity contribution in [2.75, 3.05) is 40.3 Å². The molecule has 1 aliphatic heterocycles. The first-order chi connectivity index (χ1) is 15.8. The van der Waals surface area contributed by atoms with Gasteiger partial charge in [0, 0.05) is 51.3 Å². The van der Waals surface area contributed by atoms with Gasteiger partial charge in [-0.1, -0.05) is 30.3 Å². The second kappa shape index (κ2) is 9.52. The van der Waals surface area contributed by atoms with Crippen LogP contribution >= 0.6 is 0 Å². The molecule has 1 aliphatic carbocycles. The molecule has 8 nitrogen and oxygen atoms in total. The predicted octanol–water partition coefficient (Wildman–Crippen LogP) is 2.21. The molecule has 4 rings (SSSR count). The molecular weight excluding hydrogens is 442 g/mol. The largest absolute Gasteiger partial charge is 0.495 e. The summed E-state index contributed by atoms with van der Waals surface area (Å²) in [6.45, 7) is 2.06. The maximum Gasteiger partial charge on any atom is 0.254 e. The van der Waals surface area contributed by atoms with E-state index in [1.807, 2.05) is 35.2 Å². The van der Waals surface area contributed by atoms with Gasteiger partial charge in [-0.2, -0.15) is 4.31 Å². The predicted molar refractivity (Wildman–Crippen MR) is 123 cm³/mol. The van der Waals surface area contributed by atoms with E-state index in [1.54, 1.807) is 11.0 Å². The highest BCUT2D eigenvalue weighted by Crippen LogP contribution is 2.32. The van der Waals surface area contributed by atoms with Crippen LogP contribution in [0.5, 0.6) is 5.75 Å². The highest BCUT2D eigenvalue weighted by molar-refractivity contribution is 7.89. The Morgan fingerprint density at radius 3 is 2.24 bits per heavy atom. The number of amides is 2. The summed E-state index contributed by atoms with van der Waals surface area (Å²) in [4.78, 5) is 28.8. The minimum absolute atomic E-state index is 0.0446. The molecule has 2 aromatic carbocycles. The minimum Gasteiger partial charge on any atom is -0.495 e. The SMILES string of the molecule is COc1ccc(C(=O)N2CCN(C(=O)C3CC3)CC2)cc1S(=O)(=O)N(C)Cc1ccccc1. The van der Waals surface area contributed by atoms with Gasteiger partial charge in [-0.05, 0) is 36.6 Å². The molecule has 0 unspecified atom stereocenters. The van der Waals surface area contributed by atoms with Crippen LogP contribution in [0.3, 0.4) is 0 Å². The van der Waals surface area contributed by atoms with Crippen LogP contribution in [-0.4, -0.2) is 74.7 Å². The minimum atomic E-state index is -3.90. The maximum atomic E-state index is 13.3. The number of piperazine rings is 1. The number of hydrogen-bond acceptors (Lipinski definition) is 5. The quantitative estimate of drug-likeness (QED) is 0.618. The maximum absolute atomic E-state index is 13.3. The lowest BCUT2D eigenvalue weighted by molar-refractivity contribution is -0.134. The lowest BCUT2D eigenvalue weighted by Crippen LogP contribution is -2.51. The molecule has 0 N–H and O–H groups in total. The number of ether oxygens (including phenoxy) is 1. The van der Waals surface area contributed by atoms with Crippen LogP contribution in [0, 0.1) is 5.92 Å². The molecule has 9 heteroatoms. The Kier molecular flexibility index (Phi) is 6.71. The van der Waals surface area contributed by atoms with Crippen LogP contribution in [0.1, 0.15) is 28.8 Å². The van der Waals surface area contributed by atoms with E-state index in [0.717, 1.165) is 18.4 Å². The third-order valence-electron chi connectivity index (χ3n) is 6.15. The van der Waals surface area contributed by atoms with E-state index in [2.05, 4.69) is 0 Å². The number of nitrogens with zero attached hydrogens (tertiary/aromatic N) is 3. The fraction of sp³-hybridized carbons (Fsp3) is 0.417. The number of hydrogen-bond donors (Lipinski definition) is 0. The van der Waals surface area contributed by atoms with Crippen molar-refractivity contribution in [3.8, 4) is 5.75 Å². The van der Waals surface area contributed by atoms with Crippen molar-refractivity contribution in [1.82, 2.24) is 14.1 Å². The van der Waals surface area contributed by atoms with E-state index < -0.39 is 10.0 Å². The molecule has 1 saturated heterocycles. The van der Waals surface area contributed by atoms with Gasteiger partial charge in [0.2, 0.25) is 15.9 Å². The number of carbonyl (C=O) groups is 2. The number of benzene rings is 2. The summed E-state index contributed by atoms with van der Waals surface area (Å²) >= 11 is 0. The average Bonchev–Trinajstić information content (AvgIpc) is 3.69. The van der Waals surface area contributed by atoms with E-state index in [0.29, 0.717) is 26.2 Å². The number of methoxy groups -OCH3 is 1. The van der Waals surface area contributed by atoms with Gasteiger partial charge in [0.05, 0.1) is 7.11 Å². The zero-order chi connectivity index (χ0) is 23.6. The number of sulfonamides is 1. The smallest absolute Gasteiger partial charge is 0.254 e. The second-order valence-electron chi connectivity index (χ2n) is 8.50. The van der Waals surface area contributed by atoms with Crippen molar-refractivity contribution >= 4 is 21.8 Å². The molecule has 0 atom stereocenters. The molecule has 1 saturated carbocycles. The molecule has 0 aromatic heterocycles. The van der Waals surface area contributed by atoms with Crippen molar-refractivity contribution < 1.29 is 22.7 Å². The summed E-state index contributed by atoms with van der Waals surface area (Å²) in [6.07, 6.45) is 1.92. The van der Waals surface area contributed by atoms with Crippen molar-refractivity contribution in [2.45, 2.75) is 24.3 Å². The first-order valence-electron chi connectivity index (χ1n) is 11.1. The summed E-state index contributed by atoms with van der Waals surface area (Å²) in [5.74, 6) is 0.278. The highest BCUT2D eigenvalue weighted by Gasteiger charge is 2.35. The molecule has 2 amide bonds. The van der Waals surface area contributed by atoms with Gasteiger partial charge in [-0.15, -0.1) is 0 Å². The van der Waals surface area contributed by atoms with E-state index >= 15 is 0 Å². The molecule has 1 heterocycles.